The maximum atomic E-state index is 11.2. The molecule has 2 heterocycles. The minimum absolute atomic E-state index is 0.0621. The van der Waals surface area contributed by atoms with Crippen molar-refractivity contribution in [3.63, 3.8) is 0 Å². The molecule has 1 fully saturated rings. The van der Waals surface area contributed by atoms with Gasteiger partial charge in [-0.25, -0.2) is 15.8 Å². The summed E-state index contributed by atoms with van der Waals surface area (Å²) in [5.74, 6) is 7.56. The van der Waals surface area contributed by atoms with Crippen LogP contribution in [0.15, 0.2) is 0 Å². The normalized spacial score (nSPS) is 18.6. The highest BCUT2D eigenvalue weighted by Crippen LogP contribution is 2.21. The molecule has 0 aliphatic carbocycles. The number of aromatic nitrogens is 2. The fraction of sp³-hybridized carbons (Fsp3) is 0.545. The van der Waals surface area contributed by atoms with Gasteiger partial charge in [0.2, 0.25) is 5.91 Å². The SMILES string of the molecule is CCc1nc(NN)c(C)c(NC2CNC(=O)C2)n1. The van der Waals surface area contributed by atoms with Gasteiger partial charge in [-0.2, -0.15) is 0 Å². The first-order valence-corrected chi connectivity index (χ1v) is 6.01. The smallest absolute Gasteiger partial charge is 0.222 e. The Hall–Kier alpha value is -1.89. The third-order valence-corrected chi connectivity index (χ3v) is 2.96. The molecule has 1 unspecified atom stereocenters. The molecule has 0 saturated carbocycles. The molecular formula is C11H18N6O. The lowest BCUT2D eigenvalue weighted by Crippen LogP contribution is -2.24. The Kier molecular flexibility index (Phi) is 3.61. The number of anilines is 2. The molecule has 1 aliphatic rings. The molecule has 0 spiro atoms. The second-order valence-corrected chi connectivity index (χ2v) is 4.31. The average Bonchev–Trinajstić information content (AvgIpc) is 2.77. The lowest BCUT2D eigenvalue weighted by atomic mass is 10.2. The fourth-order valence-corrected chi connectivity index (χ4v) is 1.90. The number of amides is 1. The summed E-state index contributed by atoms with van der Waals surface area (Å²) < 4.78 is 0. The first kappa shape index (κ1) is 12.6. The van der Waals surface area contributed by atoms with Crippen molar-refractivity contribution in [2.45, 2.75) is 32.7 Å². The van der Waals surface area contributed by atoms with Crippen LogP contribution in [0.3, 0.4) is 0 Å². The van der Waals surface area contributed by atoms with Crippen LogP contribution in [-0.4, -0.2) is 28.5 Å². The van der Waals surface area contributed by atoms with E-state index in [9.17, 15) is 4.79 Å². The number of aryl methyl sites for hydroxylation is 1. The van der Waals surface area contributed by atoms with Crippen molar-refractivity contribution in [3.05, 3.63) is 11.4 Å². The Bertz CT molecular complexity index is 461. The van der Waals surface area contributed by atoms with Gasteiger partial charge in [-0.15, -0.1) is 0 Å². The van der Waals surface area contributed by atoms with E-state index in [-0.39, 0.29) is 11.9 Å². The molecule has 1 atom stereocenters. The van der Waals surface area contributed by atoms with Gasteiger partial charge >= 0.3 is 0 Å². The fourth-order valence-electron chi connectivity index (χ4n) is 1.90. The summed E-state index contributed by atoms with van der Waals surface area (Å²) >= 11 is 0. The van der Waals surface area contributed by atoms with Crippen LogP contribution in [0, 0.1) is 6.92 Å². The van der Waals surface area contributed by atoms with Crippen molar-refractivity contribution in [1.82, 2.24) is 15.3 Å². The number of nitrogens with two attached hydrogens (primary N) is 1. The zero-order valence-electron chi connectivity index (χ0n) is 10.6. The third-order valence-electron chi connectivity index (χ3n) is 2.96. The predicted octanol–water partition coefficient (Wildman–Crippen LogP) is -0.0666. The van der Waals surface area contributed by atoms with Crippen molar-refractivity contribution in [1.29, 1.82) is 0 Å². The molecule has 1 aromatic rings. The summed E-state index contributed by atoms with van der Waals surface area (Å²) in [6.07, 6.45) is 1.20. The van der Waals surface area contributed by atoms with Crippen LogP contribution in [0.25, 0.3) is 0 Å². The van der Waals surface area contributed by atoms with Crippen LogP contribution in [0.1, 0.15) is 24.7 Å². The molecule has 0 radical (unpaired) electrons. The van der Waals surface area contributed by atoms with Crippen LogP contribution in [0.2, 0.25) is 0 Å². The molecule has 98 valence electrons. The maximum absolute atomic E-state index is 11.2. The van der Waals surface area contributed by atoms with E-state index in [0.29, 0.717) is 24.6 Å². The molecule has 1 saturated heterocycles. The molecule has 7 nitrogen and oxygen atoms in total. The van der Waals surface area contributed by atoms with Crippen LogP contribution in [0.5, 0.6) is 0 Å². The summed E-state index contributed by atoms with van der Waals surface area (Å²) in [5, 5.41) is 6.04. The Morgan fingerprint density at radius 3 is 2.72 bits per heavy atom. The standard InChI is InChI=1S/C11H18N6O/c1-3-8-15-10(6(2)11(16-8)17-12)14-7-4-9(18)13-5-7/h7H,3-5,12H2,1-2H3,(H,13,18)(H2,14,15,16,17). The number of carbonyl (C=O) groups is 1. The number of rotatable bonds is 4. The van der Waals surface area contributed by atoms with E-state index in [1.165, 1.54) is 0 Å². The zero-order valence-corrected chi connectivity index (χ0v) is 10.6. The second kappa shape index (κ2) is 5.18. The van der Waals surface area contributed by atoms with Crippen molar-refractivity contribution in [2.24, 2.45) is 5.84 Å². The van der Waals surface area contributed by atoms with Crippen LogP contribution in [0.4, 0.5) is 11.6 Å². The van der Waals surface area contributed by atoms with Crippen molar-refractivity contribution in [2.75, 3.05) is 17.3 Å². The average molecular weight is 250 g/mol. The van der Waals surface area contributed by atoms with Gasteiger partial charge in [0.15, 0.2) is 0 Å². The minimum atomic E-state index is 0.0621. The molecule has 7 heteroatoms. The summed E-state index contributed by atoms with van der Waals surface area (Å²) in [4.78, 5) is 19.9. The number of hydrazine groups is 1. The molecule has 5 N–H and O–H groups in total. The molecule has 2 rings (SSSR count). The summed E-state index contributed by atoms with van der Waals surface area (Å²) in [6, 6.07) is 0.0708. The van der Waals surface area contributed by atoms with Gasteiger partial charge in [0, 0.05) is 24.9 Å². The lowest BCUT2D eigenvalue weighted by Gasteiger charge is -2.16. The van der Waals surface area contributed by atoms with Crippen LogP contribution < -0.4 is 21.9 Å². The first-order chi connectivity index (χ1) is 8.63. The van der Waals surface area contributed by atoms with Gasteiger partial charge in [-0.3, -0.25) is 4.79 Å². The van der Waals surface area contributed by atoms with E-state index in [2.05, 4.69) is 26.0 Å². The Morgan fingerprint density at radius 1 is 1.44 bits per heavy atom. The van der Waals surface area contributed by atoms with Crippen molar-refractivity contribution < 1.29 is 4.79 Å². The highest BCUT2D eigenvalue weighted by atomic mass is 16.1. The molecule has 18 heavy (non-hydrogen) atoms. The Labute approximate surface area is 106 Å². The van der Waals surface area contributed by atoms with E-state index in [1.807, 2.05) is 13.8 Å². The number of nitrogens with one attached hydrogen (secondary N) is 3. The molecule has 0 aromatic carbocycles. The van der Waals surface area contributed by atoms with Gasteiger partial charge in [-0.1, -0.05) is 6.92 Å². The Balaban J connectivity index is 2.23. The van der Waals surface area contributed by atoms with Crippen LogP contribution in [-0.2, 0) is 11.2 Å². The minimum Gasteiger partial charge on any atom is -0.365 e. The highest BCUT2D eigenvalue weighted by Gasteiger charge is 2.22. The monoisotopic (exact) mass is 250 g/mol. The van der Waals surface area contributed by atoms with Crippen molar-refractivity contribution in [3.8, 4) is 0 Å². The highest BCUT2D eigenvalue weighted by molar-refractivity contribution is 5.79. The molecule has 1 aromatic heterocycles. The number of carbonyl (C=O) groups excluding carboxylic acids is 1. The largest absolute Gasteiger partial charge is 0.365 e. The lowest BCUT2D eigenvalue weighted by molar-refractivity contribution is -0.119. The molecular weight excluding hydrogens is 232 g/mol. The summed E-state index contributed by atoms with van der Waals surface area (Å²) in [6.45, 7) is 4.49. The Morgan fingerprint density at radius 2 is 2.17 bits per heavy atom. The van der Waals surface area contributed by atoms with Gasteiger partial charge in [0.05, 0.1) is 6.04 Å². The van der Waals surface area contributed by atoms with E-state index in [1.54, 1.807) is 0 Å². The van der Waals surface area contributed by atoms with E-state index in [4.69, 9.17) is 5.84 Å². The number of hydrogen-bond donors (Lipinski definition) is 4. The molecule has 1 amide bonds. The van der Waals surface area contributed by atoms with E-state index >= 15 is 0 Å². The van der Waals surface area contributed by atoms with E-state index in [0.717, 1.165) is 17.8 Å². The number of nitrogen functional groups attached to an aromatic ring is 1. The van der Waals surface area contributed by atoms with Gasteiger partial charge in [0.1, 0.15) is 17.5 Å². The second-order valence-electron chi connectivity index (χ2n) is 4.31. The number of hydrogen-bond acceptors (Lipinski definition) is 6. The third kappa shape index (κ3) is 2.51. The van der Waals surface area contributed by atoms with Gasteiger partial charge in [0.25, 0.3) is 0 Å². The van der Waals surface area contributed by atoms with Gasteiger partial charge in [-0.05, 0) is 6.92 Å². The van der Waals surface area contributed by atoms with Crippen LogP contribution >= 0.6 is 0 Å². The maximum Gasteiger partial charge on any atom is 0.222 e. The zero-order chi connectivity index (χ0) is 13.1. The molecule has 1 aliphatic heterocycles. The summed E-state index contributed by atoms with van der Waals surface area (Å²) in [7, 11) is 0. The van der Waals surface area contributed by atoms with Gasteiger partial charge < -0.3 is 16.1 Å². The van der Waals surface area contributed by atoms with E-state index < -0.39 is 0 Å². The summed E-state index contributed by atoms with van der Waals surface area (Å²) in [5.41, 5.74) is 3.43. The van der Waals surface area contributed by atoms with Crippen molar-refractivity contribution >= 4 is 17.5 Å². The first-order valence-electron chi connectivity index (χ1n) is 6.01. The predicted molar refractivity (Wildman–Crippen MR) is 69.0 cm³/mol. The quantitative estimate of drug-likeness (QED) is 0.440. The molecule has 0 bridgehead atoms. The topological polar surface area (TPSA) is 105 Å². The number of nitrogens with zero attached hydrogens (tertiary/aromatic N) is 2.